The molecule has 2 unspecified atom stereocenters. The fraction of sp³-hybridized carbons (Fsp3) is 0.360. The highest BCUT2D eigenvalue weighted by atomic mass is 16.5. The lowest BCUT2D eigenvalue weighted by Gasteiger charge is -2.41. The Labute approximate surface area is 188 Å². The molecule has 2 atom stereocenters. The summed E-state index contributed by atoms with van der Waals surface area (Å²) in [7, 11) is 2.69. The van der Waals surface area contributed by atoms with Crippen LogP contribution in [0.25, 0.3) is 5.70 Å². The van der Waals surface area contributed by atoms with Gasteiger partial charge in [-0.25, -0.2) is 4.79 Å². The largest absolute Gasteiger partial charge is 0.468 e. The Morgan fingerprint density at radius 2 is 1.59 bits per heavy atom. The minimum absolute atomic E-state index is 0.308. The summed E-state index contributed by atoms with van der Waals surface area (Å²) in [4.78, 5) is 30.5. The van der Waals surface area contributed by atoms with E-state index >= 15 is 0 Å². The summed E-state index contributed by atoms with van der Waals surface area (Å²) in [6.07, 6.45) is -0.446. The number of rotatable bonds is 5. The quantitative estimate of drug-likeness (QED) is 0.668. The number of methoxy groups -OCH3 is 2. The number of benzene rings is 2. The van der Waals surface area contributed by atoms with Crippen LogP contribution in [0.4, 0.5) is 5.69 Å². The highest BCUT2D eigenvalue weighted by molar-refractivity contribution is 6.08. The monoisotopic (exact) mass is 436 g/mol. The lowest BCUT2D eigenvalue weighted by atomic mass is 9.95. The third kappa shape index (κ3) is 4.01. The van der Waals surface area contributed by atoms with E-state index in [4.69, 9.17) is 14.2 Å². The molecule has 2 aliphatic heterocycles. The second-order valence-electron chi connectivity index (χ2n) is 7.89. The average molecular weight is 437 g/mol. The first-order valence-corrected chi connectivity index (χ1v) is 10.7. The maximum absolute atomic E-state index is 13.2. The molecule has 1 fully saturated rings. The van der Waals surface area contributed by atoms with Gasteiger partial charge in [0, 0.05) is 18.8 Å². The van der Waals surface area contributed by atoms with E-state index in [0.717, 1.165) is 16.8 Å². The third-order valence-electron chi connectivity index (χ3n) is 6.01. The lowest BCUT2D eigenvalue weighted by Crippen LogP contribution is -2.54. The van der Waals surface area contributed by atoms with Crippen LogP contribution in [0, 0.1) is 12.8 Å². The summed E-state index contributed by atoms with van der Waals surface area (Å²) in [5.41, 5.74) is 3.81. The first-order valence-electron chi connectivity index (χ1n) is 10.7. The molecule has 2 heterocycles. The van der Waals surface area contributed by atoms with Crippen LogP contribution in [0.15, 0.2) is 60.2 Å². The SMILES string of the molecule is COC(=O)C1=C(c2ccccc2)N(c2ccc(C)cc2)C(N2CCOCC2)C1C(=O)OC. The average Bonchev–Trinajstić information content (AvgIpc) is 3.20. The number of hydrogen-bond acceptors (Lipinski definition) is 7. The molecule has 0 amide bonds. The van der Waals surface area contributed by atoms with Gasteiger partial charge in [0.05, 0.1) is 38.7 Å². The van der Waals surface area contributed by atoms with Gasteiger partial charge < -0.3 is 19.1 Å². The fourth-order valence-electron chi connectivity index (χ4n) is 4.50. The summed E-state index contributed by atoms with van der Waals surface area (Å²) in [6, 6.07) is 17.7. The van der Waals surface area contributed by atoms with Gasteiger partial charge in [-0.05, 0) is 24.6 Å². The van der Waals surface area contributed by atoms with Crippen molar-refractivity contribution in [2.24, 2.45) is 5.92 Å². The lowest BCUT2D eigenvalue weighted by molar-refractivity contribution is -0.149. The second-order valence-corrected chi connectivity index (χ2v) is 7.89. The molecule has 0 aromatic heterocycles. The predicted octanol–water partition coefficient (Wildman–Crippen LogP) is 2.85. The van der Waals surface area contributed by atoms with E-state index in [9.17, 15) is 9.59 Å². The van der Waals surface area contributed by atoms with Crippen molar-refractivity contribution in [1.82, 2.24) is 4.90 Å². The van der Waals surface area contributed by atoms with Gasteiger partial charge in [0.15, 0.2) is 0 Å². The fourth-order valence-corrected chi connectivity index (χ4v) is 4.50. The summed E-state index contributed by atoms with van der Waals surface area (Å²) in [5, 5.41) is 0. The Kier molecular flexibility index (Phi) is 6.58. The summed E-state index contributed by atoms with van der Waals surface area (Å²) >= 11 is 0. The molecule has 7 heteroatoms. The van der Waals surface area contributed by atoms with E-state index in [2.05, 4.69) is 9.80 Å². The normalized spacial score (nSPS) is 21.5. The Balaban J connectivity index is 1.98. The number of hydrogen-bond donors (Lipinski definition) is 0. The van der Waals surface area contributed by atoms with Crippen molar-refractivity contribution in [1.29, 1.82) is 0 Å². The van der Waals surface area contributed by atoms with Crippen LogP contribution < -0.4 is 4.90 Å². The molecule has 0 aliphatic carbocycles. The molecule has 168 valence electrons. The van der Waals surface area contributed by atoms with E-state index in [1.807, 2.05) is 61.5 Å². The molecule has 32 heavy (non-hydrogen) atoms. The van der Waals surface area contributed by atoms with Gasteiger partial charge >= 0.3 is 11.9 Å². The van der Waals surface area contributed by atoms with Crippen molar-refractivity contribution in [2.75, 3.05) is 45.4 Å². The molecule has 7 nitrogen and oxygen atoms in total. The zero-order valence-electron chi connectivity index (χ0n) is 18.6. The van der Waals surface area contributed by atoms with Crippen molar-refractivity contribution in [3.63, 3.8) is 0 Å². The van der Waals surface area contributed by atoms with E-state index in [0.29, 0.717) is 37.6 Å². The maximum atomic E-state index is 13.2. The number of anilines is 1. The first-order chi connectivity index (χ1) is 15.6. The van der Waals surface area contributed by atoms with E-state index in [1.165, 1.54) is 14.2 Å². The van der Waals surface area contributed by atoms with Gasteiger partial charge in [-0.2, -0.15) is 0 Å². The van der Waals surface area contributed by atoms with Crippen LogP contribution in [0.1, 0.15) is 11.1 Å². The first kappa shape index (κ1) is 22.0. The van der Waals surface area contributed by atoms with E-state index in [1.54, 1.807) is 0 Å². The Morgan fingerprint density at radius 1 is 0.938 bits per heavy atom. The van der Waals surface area contributed by atoms with Crippen LogP contribution in [0.2, 0.25) is 0 Å². The number of ether oxygens (including phenoxy) is 3. The van der Waals surface area contributed by atoms with Crippen LogP contribution >= 0.6 is 0 Å². The molecule has 0 bridgehead atoms. The van der Waals surface area contributed by atoms with Crippen molar-refractivity contribution >= 4 is 23.3 Å². The van der Waals surface area contributed by atoms with Gasteiger partial charge in [0.2, 0.25) is 0 Å². The topological polar surface area (TPSA) is 68.3 Å². The van der Waals surface area contributed by atoms with Gasteiger partial charge in [-0.1, -0.05) is 48.0 Å². The van der Waals surface area contributed by atoms with Crippen molar-refractivity contribution in [3.05, 3.63) is 71.3 Å². The van der Waals surface area contributed by atoms with Crippen LogP contribution in [0.5, 0.6) is 0 Å². The number of carbonyl (C=O) groups is 2. The molecule has 0 N–H and O–H groups in total. The third-order valence-corrected chi connectivity index (χ3v) is 6.01. The standard InChI is InChI=1S/C25H28N2O5/c1-17-9-11-19(12-10-17)27-22(18-7-5-4-6-8-18)20(24(28)30-2)21(25(29)31-3)23(27)26-13-15-32-16-14-26/h4-12,21,23H,13-16H2,1-3H3. The zero-order chi connectivity index (χ0) is 22.7. The van der Waals surface area contributed by atoms with Crippen LogP contribution in [-0.4, -0.2) is 63.5 Å². The summed E-state index contributed by atoms with van der Waals surface area (Å²) in [5.74, 6) is -1.83. The molecular weight excluding hydrogens is 408 g/mol. The number of aryl methyl sites for hydroxylation is 1. The van der Waals surface area contributed by atoms with Gasteiger partial charge in [-0.15, -0.1) is 0 Å². The molecule has 4 rings (SSSR count). The Hall–Kier alpha value is -3.16. The second kappa shape index (κ2) is 9.54. The van der Waals surface area contributed by atoms with Crippen molar-refractivity contribution < 1.29 is 23.8 Å². The number of carbonyl (C=O) groups excluding carboxylic acids is 2. The molecule has 0 radical (unpaired) electrons. The zero-order valence-corrected chi connectivity index (χ0v) is 18.6. The molecule has 0 saturated carbocycles. The Bertz CT molecular complexity index is 997. The van der Waals surface area contributed by atoms with Crippen molar-refractivity contribution in [2.45, 2.75) is 13.1 Å². The molecule has 1 saturated heterocycles. The van der Waals surface area contributed by atoms with E-state index < -0.39 is 24.0 Å². The van der Waals surface area contributed by atoms with Crippen LogP contribution in [0.3, 0.4) is 0 Å². The van der Waals surface area contributed by atoms with Gasteiger partial charge in [0.25, 0.3) is 0 Å². The molecular formula is C25H28N2O5. The highest BCUT2D eigenvalue weighted by Gasteiger charge is 2.52. The number of nitrogens with zero attached hydrogens (tertiary/aromatic N) is 2. The predicted molar refractivity (Wildman–Crippen MR) is 121 cm³/mol. The highest BCUT2D eigenvalue weighted by Crippen LogP contribution is 2.45. The van der Waals surface area contributed by atoms with E-state index in [-0.39, 0.29) is 0 Å². The summed E-state index contributed by atoms with van der Waals surface area (Å²) in [6.45, 7) is 4.41. The molecule has 0 spiro atoms. The maximum Gasteiger partial charge on any atom is 0.336 e. The number of esters is 2. The van der Waals surface area contributed by atoms with Crippen molar-refractivity contribution in [3.8, 4) is 0 Å². The molecule has 2 aliphatic rings. The molecule has 2 aromatic rings. The Morgan fingerprint density at radius 3 is 2.19 bits per heavy atom. The smallest absolute Gasteiger partial charge is 0.336 e. The number of morpholine rings is 1. The minimum Gasteiger partial charge on any atom is -0.468 e. The summed E-state index contributed by atoms with van der Waals surface area (Å²) < 4.78 is 15.9. The minimum atomic E-state index is -0.831. The van der Waals surface area contributed by atoms with Gasteiger partial charge in [0.1, 0.15) is 12.1 Å². The van der Waals surface area contributed by atoms with Gasteiger partial charge in [-0.3, -0.25) is 9.69 Å². The van der Waals surface area contributed by atoms with Crippen LogP contribution in [-0.2, 0) is 23.8 Å². The molecule has 2 aromatic carbocycles.